The number of methoxy groups -OCH3 is 2. The second-order valence-corrected chi connectivity index (χ2v) is 4.50. The van der Waals surface area contributed by atoms with Gasteiger partial charge in [0.2, 0.25) is 5.78 Å². The van der Waals surface area contributed by atoms with Gasteiger partial charge >= 0.3 is 0 Å². The van der Waals surface area contributed by atoms with Crippen molar-refractivity contribution in [3.05, 3.63) is 60.2 Å². The number of allylic oxidation sites excluding steroid dienone is 4. The van der Waals surface area contributed by atoms with Crippen LogP contribution in [0.25, 0.3) is 0 Å². The summed E-state index contributed by atoms with van der Waals surface area (Å²) in [6.45, 7) is 12.6. The van der Waals surface area contributed by atoms with Gasteiger partial charge in [-0.05, 0) is 24.1 Å². The van der Waals surface area contributed by atoms with E-state index in [1.807, 2.05) is 32.9 Å². The maximum Gasteiger partial charge on any atom is 0.225 e. The van der Waals surface area contributed by atoms with Gasteiger partial charge in [-0.25, -0.2) is 0 Å². The van der Waals surface area contributed by atoms with Crippen molar-refractivity contribution in [1.29, 1.82) is 0 Å². The van der Waals surface area contributed by atoms with Crippen molar-refractivity contribution in [1.82, 2.24) is 0 Å². The number of ketones is 1. The molecule has 5 heteroatoms. The normalized spacial score (nSPS) is 9.35. The van der Waals surface area contributed by atoms with Crippen LogP contribution in [-0.2, 0) is 20.8 Å². The van der Waals surface area contributed by atoms with Gasteiger partial charge < -0.3 is 14.3 Å². The highest BCUT2D eigenvalue weighted by molar-refractivity contribution is 6.34. The Morgan fingerprint density at radius 2 is 1.73 bits per heavy atom. The molecule has 0 aromatic heterocycles. The first-order chi connectivity index (χ1) is 12.5. The average molecular weight is 360 g/mol. The predicted molar refractivity (Wildman–Crippen MR) is 105 cm³/mol. The lowest BCUT2D eigenvalue weighted by Gasteiger charge is -2.12. The molecule has 142 valence electrons. The first-order valence-electron chi connectivity index (χ1n) is 8.09. The second kappa shape index (κ2) is 15.6. The summed E-state index contributed by atoms with van der Waals surface area (Å²) in [4.78, 5) is 30.9. The molecule has 0 spiro atoms. The molecule has 1 aromatic carbocycles. The minimum absolute atomic E-state index is 0.247. The molecule has 0 aliphatic rings. The molecule has 0 atom stereocenters. The van der Waals surface area contributed by atoms with Crippen LogP contribution in [0.2, 0.25) is 0 Å². The van der Waals surface area contributed by atoms with E-state index in [9.17, 15) is 14.4 Å². The molecule has 0 radical (unpaired) electrons. The van der Waals surface area contributed by atoms with Crippen LogP contribution < -0.4 is 9.47 Å². The van der Waals surface area contributed by atoms with Crippen LogP contribution in [0.1, 0.15) is 25.0 Å². The molecule has 26 heavy (non-hydrogen) atoms. The molecule has 0 aliphatic heterocycles. The predicted octanol–water partition coefficient (Wildman–Crippen LogP) is 3.83. The van der Waals surface area contributed by atoms with Crippen molar-refractivity contribution in [2.24, 2.45) is 0 Å². The largest absolute Gasteiger partial charge is 0.493 e. The summed E-state index contributed by atoms with van der Waals surface area (Å²) < 4.78 is 10.3. The van der Waals surface area contributed by atoms with Crippen molar-refractivity contribution >= 4 is 18.4 Å². The lowest BCUT2D eigenvalue weighted by atomic mass is 10.0. The number of rotatable bonds is 8. The Balaban J connectivity index is 0. The summed E-state index contributed by atoms with van der Waals surface area (Å²) in [5, 5.41) is 0. The van der Waals surface area contributed by atoms with E-state index in [1.54, 1.807) is 14.2 Å². The van der Waals surface area contributed by atoms with E-state index >= 15 is 0 Å². The number of Topliss-reactive ketones (excluding diaryl/α,β-unsaturated/α-hetero) is 1. The number of hydrogen-bond acceptors (Lipinski definition) is 5. The van der Waals surface area contributed by atoms with Gasteiger partial charge in [0.25, 0.3) is 0 Å². The molecule has 0 unspecified atom stereocenters. The molecule has 0 fully saturated rings. The number of benzene rings is 1. The summed E-state index contributed by atoms with van der Waals surface area (Å²) >= 11 is 0. The topological polar surface area (TPSA) is 69.7 Å². The van der Waals surface area contributed by atoms with Crippen LogP contribution in [-0.4, -0.2) is 32.6 Å². The molecule has 1 aromatic rings. The van der Waals surface area contributed by atoms with Crippen LogP contribution in [0.15, 0.2) is 49.1 Å². The van der Waals surface area contributed by atoms with Crippen LogP contribution in [0.5, 0.6) is 11.5 Å². The lowest BCUT2D eigenvalue weighted by molar-refractivity contribution is -0.127. The molecule has 1 rings (SSSR count). The SMILES string of the molecule is C=C/C=C(\C=C)C(=O)C=O.CC.COc1ccc(CC=O)c(C)c1OC. The quantitative estimate of drug-likeness (QED) is 0.305. The Bertz CT molecular complexity index is 642. The molecule has 0 heterocycles. The molecule has 0 aliphatic carbocycles. The fourth-order valence-corrected chi connectivity index (χ4v) is 1.88. The Kier molecular flexibility index (Phi) is 15.1. The van der Waals surface area contributed by atoms with Crippen molar-refractivity contribution < 1.29 is 23.9 Å². The number of carbonyl (C=O) groups is 3. The summed E-state index contributed by atoms with van der Waals surface area (Å²) in [5.41, 5.74) is 2.20. The molecule has 0 amide bonds. The van der Waals surface area contributed by atoms with Gasteiger partial charge in [-0.15, -0.1) is 0 Å². The highest BCUT2D eigenvalue weighted by atomic mass is 16.5. The van der Waals surface area contributed by atoms with Crippen molar-refractivity contribution in [2.45, 2.75) is 27.2 Å². The van der Waals surface area contributed by atoms with Gasteiger partial charge in [0.1, 0.15) is 6.29 Å². The van der Waals surface area contributed by atoms with Gasteiger partial charge in [0, 0.05) is 12.0 Å². The Hall–Kier alpha value is -2.95. The third-order valence-corrected chi connectivity index (χ3v) is 3.12. The van der Waals surface area contributed by atoms with Gasteiger partial charge in [-0.3, -0.25) is 9.59 Å². The molecule has 0 bridgehead atoms. The second-order valence-electron chi connectivity index (χ2n) is 4.50. The van der Waals surface area contributed by atoms with Crippen LogP contribution in [0.4, 0.5) is 0 Å². The molecule has 5 nitrogen and oxygen atoms in total. The maximum atomic E-state index is 10.6. The highest BCUT2D eigenvalue weighted by Gasteiger charge is 2.10. The summed E-state index contributed by atoms with van der Waals surface area (Å²) in [6, 6.07) is 3.69. The van der Waals surface area contributed by atoms with Crippen LogP contribution in [0, 0.1) is 6.92 Å². The van der Waals surface area contributed by atoms with Crippen molar-refractivity contribution in [2.75, 3.05) is 14.2 Å². The number of hydrogen-bond donors (Lipinski definition) is 0. The zero-order chi connectivity index (χ0) is 20.5. The van der Waals surface area contributed by atoms with Gasteiger partial charge in [-0.1, -0.05) is 51.3 Å². The minimum atomic E-state index is -0.574. The van der Waals surface area contributed by atoms with E-state index in [0.717, 1.165) is 17.4 Å². The molecular formula is C21H28O5. The Morgan fingerprint density at radius 1 is 1.12 bits per heavy atom. The Morgan fingerprint density at radius 3 is 2.12 bits per heavy atom. The standard InChI is InChI=1S/C11H14O3.C8H8O2.C2H6/c1-8-9(6-7-12)4-5-10(13-2)11(8)14-3;1-3-5-7(4-2)8(10)6-9;1-2/h4-5,7H,6H2,1-3H3;3-6H,1-2H2;1-2H3/b;7-5+;. The first kappa shape index (κ1) is 25.3. The third kappa shape index (κ3) is 8.24. The Labute approximate surface area is 156 Å². The van der Waals surface area contributed by atoms with Crippen LogP contribution in [0.3, 0.4) is 0 Å². The van der Waals surface area contributed by atoms with E-state index in [0.29, 0.717) is 17.9 Å². The summed E-state index contributed by atoms with van der Waals surface area (Å²) in [5.74, 6) is 0.821. The first-order valence-corrected chi connectivity index (χ1v) is 8.09. The maximum absolute atomic E-state index is 10.6. The monoisotopic (exact) mass is 360 g/mol. The minimum Gasteiger partial charge on any atom is -0.493 e. The van der Waals surface area contributed by atoms with Crippen molar-refractivity contribution in [3.8, 4) is 11.5 Å². The zero-order valence-corrected chi connectivity index (χ0v) is 16.2. The summed E-state index contributed by atoms with van der Waals surface area (Å²) in [6.07, 6.45) is 5.72. The highest BCUT2D eigenvalue weighted by Crippen LogP contribution is 2.32. The fourth-order valence-electron chi connectivity index (χ4n) is 1.88. The van der Waals surface area contributed by atoms with E-state index in [4.69, 9.17) is 9.47 Å². The molecular weight excluding hydrogens is 332 g/mol. The van der Waals surface area contributed by atoms with E-state index in [-0.39, 0.29) is 11.9 Å². The van der Waals surface area contributed by atoms with Gasteiger partial charge in [-0.2, -0.15) is 0 Å². The smallest absolute Gasteiger partial charge is 0.225 e. The summed E-state index contributed by atoms with van der Waals surface area (Å²) in [7, 11) is 3.19. The molecule has 0 saturated carbocycles. The van der Waals surface area contributed by atoms with E-state index < -0.39 is 5.78 Å². The average Bonchev–Trinajstić information content (AvgIpc) is 2.69. The molecule has 0 N–H and O–H groups in total. The number of aldehydes is 2. The van der Waals surface area contributed by atoms with E-state index in [2.05, 4.69) is 13.2 Å². The zero-order valence-electron chi connectivity index (χ0n) is 16.2. The van der Waals surface area contributed by atoms with Crippen molar-refractivity contribution in [3.63, 3.8) is 0 Å². The number of ether oxygens (including phenoxy) is 2. The lowest BCUT2D eigenvalue weighted by Crippen LogP contribution is -2.00. The fraction of sp³-hybridized carbons (Fsp3) is 0.286. The van der Waals surface area contributed by atoms with Gasteiger partial charge in [0.15, 0.2) is 17.8 Å². The number of carbonyl (C=O) groups excluding carboxylic acids is 3. The van der Waals surface area contributed by atoms with Crippen LogP contribution >= 0.6 is 0 Å². The van der Waals surface area contributed by atoms with E-state index in [1.165, 1.54) is 18.2 Å². The third-order valence-electron chi connectivity index (χ3n) is 3.12. The van der Waals surface area contributed by atoms with Gasteiger partial charge in [0.05, 0.1) is 14.2 Å². The molecule has 0 saturated heterocycles.